The van der Waals surface area contributed by atoms with Crippen LogP contribution in [0.4, 0.5) is 0 Å². The Balaban J connectivity index is 0.000000260. The third-order valence-electron chi connectivity index (χ3n) is 9.57. The van der Waals surface area contributed by atoms with E-state index >= 15 is 0 Å². The van der Waals surface area contributed by atoms with Crippen molar-refractivity contribution in [3.05, 3.63) is 83.0 Å². The summed E-state index contributed by atoms with van der Waals surface area (Å²) in [6, 6.07) is 15.2. The van der Waals surface area contributed by atoms with Crippen LogP contribution in [-0.2, 0) is 41.5 Å². The van der Waals surface area contributed by atoms with Gasteiger partial charge in [0.2, 0.25) is 0 Å². The van der Waals surface area contributed by atoms with Gasteiger partial charge in [-0.15, -0.1) is 17.5 Å². The Labute approximate surface area is 298 Å². The number of allylic oxidation sites excluding steroid dienone is 4. The van der Waals surface area contributed by atoms with Crippen molar-refractivity contribution >= 4 is 3.21 Å². The van der Waals surface area contributed by atoms with Gasteiger partial charge in [0.15, 0.2) is 0 Å². The van der Waals surface area contributed by atoms with Gasteiger partial charge in [-0.2, -0.15) is 29.8 Å². The van der Waals surface area contributed by atoms with E-state index in [0.717, 1.165) is 24.7 Å². The summed E-state index contributed by atoms with van der Waals surface area (Å²) in [7, 11) is 0. The van der Waals surface area contributed by atoms with Crippen LogP contribution in [0, 0.1) is 24.0 Å². The molecular formula is C41H56Cl2Zr-2. The van der Waals surface area contributed by atoms with Crippen molar-refractivity contribution in [1.29, 1.82) is 0 Å². The summed E-state index contributed by atoms with van der Waals surface area (Å²) in [6.45, 7) is 13.6. The molecule has 0 N–H and O–H groups in total. The third kappa shape index (κ3) is 12.1. The monoisotopic (exact) mass is 708 g/mol. The predicted octanol–water partition coefficient (Wildman–Crippen LogP) is 5.61. The number of halogens is 2. The van der Waals surface area contributed by atoms with Crippen LogP contribution < -0.4 is 24.8 Å². The Morgan fingerprint density at radius 2 is 1.32 bits per heavy atom. The minimum absolute atomic E-state index is 0. The molecule has 0 amide bonds. The molecule has 2 fully saturated rings. The molecule has 0 spiro atoms. The summed E-state index contributed by atoms with van der Waals surface area (Å²) >= 11 is 1.75. The second kappa shape index (κ2) is 18.6. The first-order chi connectivity index (χ1) is 20.0. The number of hydrogen-bond donors (Lipinski definition) is 0. The van der Waals surface area contributed by atoms with E-state index in [1.807, 2.05) is 15.4 Å². The first-order valence-corrected chi connectivity index (χ1v) is 18.2. The SMILES string of the molecule is CC(C)(C)c1[c-]c2c(cc1)-c1ccc(C(C)(C)C)cc1C2.[C-]1=CC=CC1.[Cl-].[Cl-].[Zr+2]=[C](CC1CCCCC1)CC1CCCCC1. The number of hydrogen-bond acceptors (Lipinski definition) is 0. The van der Waals surface area contributed by atoms with Crippen LogP contribution in [0.5, 0.6) is 0 Å². The molecule has 4 aliphatic rings. The van der Waals surface area contributed by atoms with Gasteiger partial charge in [-0.3, -0.25) is 6.08 Å². The van der Waals surface area contributed by atoms with Crippen LogP contribution in [0.3, 0.4) is 0 Å². The Kier molecular flexibility index (Phi) is 16.6. The molecule has 0 saturated heterocycles. The van der Waals surface area contributed by atoms with Crippen LogP contribution in [0.25, 0.3) is 11.1 Å². The van der Waals surface area contributed by atoms with Crippen LogP contribution in [-0.4, -0.2) is 3.21 Å². The molecule has 0 nitrogen and oxygen atoms in total. The van der Waals surface area contributed by atoms with Gasteiger partial charge in [0.25, 0.3) is 0 Å². The van der Waals surface area contributed by atoms with Crippen LogP contribution in [0.1, 0.15) is 147 Å². The molecule has 2 aromatic rings. The molecule has 240 valence electrons. The summed E-state index contributed by atoms with van der Waals surface area (Å²) in [4.78, 5) is 0. The molecule has 0 atom stereocenters. The van der Waals surface area contributed by atoms with Gasteiger partial charge in [-0.1, -0.05) is 65.3 Å². The van der Waals surface area contributed by atoms with E-state index in [1.54, 1.807) is 24.2 Å². The molecule has 3 heteroatoms. The Hall–Kier alpha value is -0.747. The summed E-state index contributed by atoms with van der Waals surface area (Å²) in [5.41, 5.74) is 8.70. The van der Waals surface area contributed by atoms with Crippen molar-refractivity contribution in [2.75, 3.05) is 0 Å². The second-order valence-corrected chi connectivity index (χ2v) is 17.1. The first-order valence-electron chi connectivity index (χ1n) is 17.0. The van der Waals surface area contributed by atoms with Crippen molar-refractivity contribution in [2.45, 2.75) is 142 Å². The van der Waals surface area contributed by atoms with Gasteiger partial charge < -0.3 is 24.8 Å². The maximum atomic E-state index is 3.67. The fourth-order valence-corrected chi connectivity index (χ4v) is 8.35. The van der Waals surface area contributed by atoms with Gasteiger partial charge >= 0.3 is 116 Å². The molecule has 0 aromatic heterocycles. The molecule has 2 saturated carbocycles. The van der Waals surface area contributed by atoms with E-state index in [-0.39, 0.29) is 35.6 Å². The van der Waals surface area contributed by atoms with Gasteiger partial charge in [-0.05, 0) is 28.4 Å². The average molecular weight is 711 g/mol. The molecule has 0 radical (unpaired) electrons. The fourth-order valence-electron chi connectivity index (χ4n) is 6.93. The van der Waals surface area contributed by atoms with E-state index in [2.05, 4.69) is 90.1 Å². The Bertz CT molecular complexity index is 1130. The summed E-state index contributed by atoms with van der Waals surface area (Å²) in [5.74, 6) is 2.15. The number of benzene rings is 2. The molecule has 0 heterocycles. The molecule has 0 unspecified atom stereocenters. The first kappa shape index (κ1) is 39.4. The molecule has 0 bridgehead atoms. The average Bonchev–Trinajstić information content (AvgIpc) is 3.65. The van der Waals surface area contributed by atoms with Crippen molar-refractivity contribution in [3.8, 4) is 11.1 Å². The zero-order chi connectivity index (χ0) is 30.2. The normalized spacial score (nSPS) is 17.6. The van der Waals surface area contributed by atoms with Gasteiger partial charge in [-0.25, -0.2) is 12.2 Å². The zero-order valence-corrected chi connectivity index (χ0v) is 32.4. The zero-order valence-electron chi connectivity index (χ0n) is 28.4. The van der Waals surface area contributed by atoms with Crippen molar-refractivity contribution in [3.63, 3.8) is 0 Å². The van der Waals surface area contributed by atoms with Gasteiger partial charge in [0, 0.05) is 0 Å². The van der Waals surface area contributed by atoms with E-state index in [9.17, 15) is 0 Å². The van der Waals surface area contributed by atoms with Crippen molar-refractivity contribution in [1.82, 2.24) is 0 Å². The van der Waals surface area contributed by atoms with E-state index < -0.39 is 0 Å². The molecule has 0 aliphatic heterocycles. The fraction of sp³-hybridized carbons (Fsp3) is 0.585. The van der Waals surface area contributed by atoms with E-state index in [0.29, 0.717) is 0 Å². The van der Waals surface area contributed by atoms with E-state index in [4.69, 9.17) is 0 Å². The minimum atomic E-state index is 0. The number of fused-ring (bicyclic) bond motifs is 3. The standard InChI is InChI=1S/C21H25.C15H26.C5H5.2ClH.Zr/c1-20(2,3)16-7-9-18-14(12-16)11-15-13-17(21(4,5)6)8-10-19(15)18;1-3-8-14(9-4-1)12-7-13-15-10-5-2-6-11-15;1-2-4-5-3-1;;;/h7-10,12H,11H2,1-6H3;14-15H,1-6,8-13H2;1-3H,4H2;2*1H;/q-1;;-1;;;+2/p-2. The van der Waals surface area contributed by atoms with Gasteiger partial charge in [0.05, 0.1) is 0 Å². The third-order valence-corrected chi connectivity index (χ3v) is 10.6. The topological polar surface area (TPSA) is 0 Å². The van der Waals surface area contributed by atoms with Gasteiger partial charge in [0.1, 0.15) is 0 Å². The second-order valence-electron chi connectivity index (χ2n) is 15.3. The maximum absolute atomic E-state index is 3.67. The Morgan fingerprint density at radius 3 is 1.77 bits per heavy atom. The Morgan fingerprint density at radius 1 is 0.750 bits per heavy atom. The van der Waals surface area contributed by atoms with E-state index in [1.165, 1.54) is 110 Å². The molecular weight excluding hydrogens is 655 g/mol. The summed E-state index contributed by atoms with van der Waals surface area (Å²) in [5, 5.41) is 0. The van der Waals surface area contributed by atoms with Crippen molar-refractivity contribution < 1.29 is 49.0 Å². The van der Waals surface area contributed by atoms with Crippen LogP contribution >= 0.6 is 0 Å². The molecule has 6 rings (SSSR count). The van der Waals surface area contributed by atoms with Crippen LogP contribution in [0.2, 0.25) is 0 Å². The molecule has 2 aromatic carbocycles. The molecule has 4 aliphatic carbocycles. The number of rotatable bonds is 4. The summed E-state index contributed by atoms with van der Waals surface area (Å²) in [6.07, 6.45) is 29.2. The van der Waals surface area contributed by atoms with Crippen LogP contribution in [0.15, 0.2) is 48.6 Å². The predicted molar refractivity (Wildman–Crippen MR) is 180 cm³/mol. The quantitative estimate of drug-likeness (QED) is 0.309. The molecule has 44 heavy (non-hydrogen) atoms. The van der Waals surface area contributed by atoms with Crippen molar-refractivity contribution in [2.24, 2.45) is 11.8 Å². The summed E-state index contributed by atoms with van der Waals surface area (Å²) < 4.78 is 1.91.